The van der Waals surface area contributed by atoms with Crippen LogP contribution in [0.25, 0.3) is 0 Å². The lowest BCUT2D eigenvalue weighted by molar-refractivity contribution is -0.142. The molecule has 0 saturated heterocycles. The number of thiophene rings is 1. The summed E-state index contributed by atoms with van der Waals surface area (Å²) in [6, 6.07) is 2.16. The number of aryl methyl sites for hydroxylation is 2. The van der Waals surface area contributed by atoms with Gasteiger partial charge in [0.1, 0.15) is 0 Å². The summed E-state index contributed by atoms with van der Waals surface area (Å²) in [4.78, 5) is 25.6. The molecule has 3 rings (SSSR count). The van der Waals surface area contributed by atoms with Crippen LogP contribution in [0.1, 0.15) is 58.6 Å². The first-order valence-corrected chi connectivity index (χ1v) is 8.60. The maximum Gasteiger partial charge on any atom is 0.306 e. The summed E-state index contributed by atoms with van der Waals surface area (Å²) < 4.78 is 0. The van der Waals surface area contributed by atoms with Crippen molar-refractivity contribution in [3.63, 3.8) is 0 Å². The van der Waals surface area contributed by atoms with Crippen LogP contribution in [0.2, 0.25) is 0 Å². The van der Waals surface area contributed by atoms with E-state index in [0.29, 0.717) is 6.42 Å². The van der Waals surface area contributed by atoms with E-state index in [4.69, 9.17) is 5.11 Å². The molecular weight excluding hydrogens is 286 g/mol. The van der Waals surface area contributed by atoms with Crippen LogP contribution in [-0.2, 0) is 17.6 Å². The summed E-state index contributed by atoms with van der Waals surface area (Å²) in [5, 5.41) is 12.2. The second-order valence-electron chi connectivity index (χ2n) is 6.13. The molecule has 0 aromatic carbocycles. The molecule has 2 N–H and O–H groups in total. The van der Waals surface area contributed by atoms with Crippen molar-refractivity contribution in [1.82, 2.24) is 5.32 Å². The molecule has 1 saturated carbocycles. The van der Waals surface area contributed by atoms with Crippen molar-refractivity contribution in [1.29, 1.82) is 0 Å². The Hall–Kier alpha value is -1.36. The van der Waals surface area contributed by atoms with Crippen LogP contribution in [0.3, 0.4) is 0 Å². The monoisotopic (exact) mass is 307 g/mol. The van der Waals surface area contributed by atoms with Crippen LogP contribution in [-0.4, -0.2) is 23.0 Å². The van der Waals surface area contributed by atoms with Crippen LogP contribution in [0, 0.1) is 5.92 Å². The molecule has 4 nitrogen and oxygen atoms in total. The fourth-order valence-corrected chi connectivity index (χ4v) is 4.55. The first-order chi connectivity index (χ1) is 10.1. The molecule has 0 aliphatic heterocycles. The minimum Gasteiger partial charge on any atom is -0.481 e. The summed E-state index contributed by atoms with van der Waals surface area (Å²) in [6.45, 7) is 0. The highest BCUT2D eigenvalue weighted by atomic mass is 32.1. The first kappa shape index (κ1) is 14.6. The van der Waals surface area contributed by atoms with E-state index in [0.717, 1.165) is 43.4 Å². The van der Waals surface area contributed by atoms with Gasteiger partial charge in [-0.2, -0.15) is 0 Å². The first-order valence-electron chi connectivity index (χ1n) is 7.78. The molecule has 0 spiro atoms. The van der Waals surface area contributed by atoms with Gasteiger partial charge in [0.25, 0.3) is 5.91 Å². The molecule has 2 aliphatic carbocycles. The summed E-state index contributed by atoms with van der Waals surface area (Å²) in [6.07, 6.45) is 7.36. The van der Waals surface area contributed by atoms with E-state index in [1.54, 1.807) is 11.3 Å². The third-order valence-electron chi connectivity index (χ3n) is 4.62. The zero-order valence-electron chi connectivity index (χ0n) is 12.1. The van der Waals surface area contributed by atoms with Gasteiger partial charge in [0, 0.05) is 10.9 Å². The largest absolute Gasteiger partial charge is 0.481 e. The normalized spacial score (nSPS) is 25.1. The molecule has 2 aliphatic rings. The molecule has 1 heterocycles. The minimum atomic E-state index is -0.698. The number of aliphatic carboxylic acids is 1. The summed E-state index contributed by atoms with van der Waals surface area (Å²) in [7, 11) is 0. The van der Waals surface area contributed by atoms with Gasteiger partial charge in [-0.15, -0.1) is 11.3 Å². The molecule has 114 valence electrons. The number of carbonyl (C=O) groups excluding carboxylic acids is 1. The van der Waals surface area contributed by atoms with Gasteiger partial charge < -0.3 is 10.4 Å². The molecule has 0 bridgehead atoms. The molecule has 21 heavy (non-hydrogen) atoms. The molecule has 2 unspecified atom stereocenters. The Labute approximate surface area is 128 Å². The van der Waals surface area contributed by atoms with E-state index in [9.17, 15) is 9.59 Å². The Kier molecular flexibility index (Phi) is 4.29. The number of amides is 1. The second kappa shape index (κ2) is 6.18. The van der Waals surface area contributed by atoms with Gasteiger partial charge in [-0.25, -0.2) is 0 Å². The summed E-state index contributed by atoms with van der Waals surface area (Å²) in [5.74, 6) is -0.915. The lowest BCUT2D eigenvalue weighted by Crippen LogP contribution is -2.34. The maximum atomic E-state index is 12.3. The van der Waals surface area contributed by atoms with Gasteiger partial charge in [-0.05, 0) is 56.6 Å². The van der Waals surface area contributed by atoms with Gasteiger partial charge >= 0.3 is 5.97 Å². The Bertz CT molecular complexity index is 530. The number of nitrogens with one attached hydrogen (secondary N) is 1. The molecule has 1 aromatic heterocycles. The van der Waals surface area contributed by atoms with E-state index in [1.807, 2.05) is 6.07 Å². The number of carboxylic acids is 1. The van der Waals surface area contributed by atoms with Crippen molar-refractivity contribution >= 4 is 23.2 Å². The van der Waals surface area contributed by atoms with Gasteiger partial charge in [-0.1, -0.05) is 6.42 Å². The highest BCUT2D eigenvalue weighted by Crippen LogP contribution is 2.31. The van der Waals surface area contributed by atoms with Crippen molar-refractivity contribution in [2.75, 3.05) is 0 Å². The summed E-state index contributed by atoms with van der Waals surface area (Å²) in [5.41, 5.74) is 1.34. The van der Waals surface area contributed by atoms with Gasteiger partial charge in [0.05, 0.1) is 10.8 Å². The van der Waals surface area contributed by atoms with Crippen LogP contribution in [0.4, 0.5) is 0 Å². The standard InChI is InChI=1S/C16H21NO3S/c18-15(14-9-11-4-2-6-13(11)21-14)17-12-5-1-3-10(7-8-12)16(19)20/h9-10,12H,1-8H2,(H,17,18)(H,19,20). The number of hydrogen-bond acceptors (Lipinski definition) is 3. The SMILES string of the molecule is O=C(NC1CCCC(C(=O)O)CC1)c1cc2c(s1)CCC2. The Morgan fingerprint density at radius 3 is 2.76 bits per heavy atom. The fraction of sp³-hybridized carbons (Fsp3) is 0.625. The quantitative estimate of drug-likeness (QED) is 0.844. The zero-order chi connectivity index (χ0) is 14.8. The van der Waals surface area contributed by atoms with Crippen molar-refractivity contribution in [3.8, 4) is 0 Å². The Morgan fingerprint density at radius 1 is 1.14 bits per heavy atom. The third-order valence-corrected chi connectivity index (χ3v) is 5.86. The average Bonchev–Trinajstić information content (AvgIpc) is 2.95. The lowest BCUT2D eigenvalue weighted by Gasteiger charge is -2.15. The number of rotatable bonds is 3. The van der Waals surface area contributed by atoms with Crippen LogP contribution in [0.15, 0.2) is 6.07 Å². The van der Waals surface area contributed by atoms with Crippen molar-refractivity contribution in [3.05, 3.63) is 21.4 Å². The van der Waals surface area contributed by atoms with Gasteiger partial charge in [0.2, 0.25) is 0 Å². The average molecular weight is 307 g/mol. The predicted octanol–water partition coefficient (Wildman–Crippen LogP) is 3.00. The number of hydrogen-bond donors (Lipinski definition) is 2. The summed E-state index contributed by atoms with van der Waals surface area (Å²) >= 11 is 1.62. The van der Waals surface area contributed by atoms with E-state index >= 15 is 0 Å². The molecule has 0 radical (unpaired) electrons. The zero-order valence-corrected chi connectivity index (χ0v) is 12.9. The number of carbonyl (C=O) groups is 2. The highest BCUT2D eigenvalue weighted by Gasteiger charge is 2.25. The van der Waals surface area contributed by atoms with Crippen LogP contribution in [0.5, 0.6) is 0 Å². The Balaban J connectivity index is 1.58. The van der Waals surface area contributed by atoms with E-state index in [2.05, 4.69) is 5.32 Å². The molecular formula is C16H21NO3S. The van der Waals surface area contributed by atoms with Crippen LogP contribution < -0.4 is 5.32 Å². The molecule has 5 heteroatoms. The van der Waals surface area contributed by atoms with Gasteiger partial charge in [-0.3, -0.25) is 9.59 Å². The Morgan fingerprint density at radius 2 is 2.00 bits per heavy atom. The minimum absolute atomic E-state index is 0.0215. The molecule has 1 fully saturated rings. The number of carboxylic acid groups (broad SMARTS) is 1. The van der Waals surface area contributed by atoms with Crippen molar-refractivity contribution < 1.29 is 14.7 Å². The van der Waals surface area contributed by atoms with E-state index in [1.165, 1.54) is 16.9 Å². The topological polar surface area (TPSA) is 66.4 Å². The molecule has 1 aromatic rings. The van der Waals surface area contributed by atoms with E-state index in [-0.39, 0.29) is 17.9 Å². The number of fused-ring (bicyclic) bond motifs is 1. The van der Waals surface area contributed by atoms with Crippen LogP contribution >= 0.6 is 11.3 Å². The van der Waals surface area contributed by atoms with Crippen molar-refractivity contribution in [2.24, 2.45) is 5.92 Å². The smallest absolute Gasteiger partial charge is 0.306 e. The lowest BCUT2D eigenvalue weighted by atomic mass is 10.0. The maximum absolute atomic E-state index is 12.3. The molecule has 1 amide bonds. The predicted molar refractivity (Wildman–Crippen MR) is 81.8 cm³/mol. The van der Waals surface area contributed by atoms with Gasteiger partial charge in [0.15, 0.2) is 0 Å². The van der Waals surface area contributed by atoms with Crippen molar-refractivity contribution in [2.45, 2.75) is 57.4 Å². The highest BCUT2D eigenvalue weighted by molar-refractivity contribution is 7.14. The van der Waals surface area contributed by atoms with E-state index < -0.39 is 5.97 Å². The molecule has 2 atom stereocenters. The second-order valence-corrected chi connectivity index (χ2v) is 7.26. The fourth-order valence-electron chi connectivity index (χ4n) is 3.39. The third kappa shape index (κ3) is 3.28.